The Labute approximate surface area is 148 Å². The molecule has 0 saturated heterocycles. The third kappa shape index (κ3) is 2.87. The Balaban J connectivity index is 1.82. The van der Waals surface area contributed by atoms with Gasteiger partial charge in [0.15, 0.2) is 0 Å². The molecule has 2 heteroatoms. The first-order chi connectivity index (χ1) is 11.8. The SMILES string of the molecule is COc1ccc(C2=[Se+]/C(=C/c3ccccc3)c3ccccc32)cc1. The molecule has 0 radical (unpaired) electrons. The van der Waals surface area contributed by atoms with Crippen LogP contribution in [-0.2, 0) is 0 Å². The molecule has 0 atom stereocenters. The van der Waals surface area contributed by atoms with Gasteiger partial charge >= 0.3 is 148 Å². The first-order valence-corrected chi connectivity index (χ1v) is 9.62. The maximum atomic E-state index is 5.29. The number of methoxy groups -OCH3 is 1. The molecule has 0 bridgehead atoms. The van der Waals surface area contributed by atoms with Crippen LogP contribution in [0.15, 0.2) is 78.9 Å². The predicted octanol–water partition coefficient (Wildman–Crippen LogP) is 4.48. The average molecular weight is 376 g/mol. The van der Waals surface area contributed by atoms with Gasteiger partial charge < -0.3 is 0 Å². The molecular formula is C22H17OSe+. The summed E-state index contributed by atoms with van der Waals surface area (Å²) < 4.78 is 8.17. The van der Waals surface area contributed by atoms with E-state index in [1.54, 1.807) is 7.11 Å². The molecule has 116 valence electrons. The fraction of sp³-hybridized carbons (Fsp3) is 0.0455. The Kier molecular flexibility index (Phi) is 4.17. The van der Waals surface area contributed by atoms with Crippen molar-refractivity contribution in [2.24, 2.45) is 0 Å². The van der Waals surface area contributed by atoms with Crippen LogP contribution >= 0.6 is 0 Å². The van der Waals surface area contributed by atoms with Crippen LogP contribution in [0, 0.1) is 0 Å². The molecule has 0 saturated carbocycles. The van der Waals surface area contributed by atoms with Crippen molar-refractivity contribution >= 4 is 29.5 Å². The van der Waals surface area contributed by atoms with Crippen LogP contribution in [0.4, 0.5) is 0 Å². The number of ether oxygens (including phenoxy) is 1. The number of fused-ring (bicyclic) bond motifs is 1. The van der Waals surface area contributed by atoms with Crippen molar-refractivity contribution in [2.45, 2.75) is 0 Å². The zero-order chi connectivity index (χ0) is 16.4. The molecule has 0 aromatic heterocycles. The minimum absolute atomic E-state index is 0.300. The zero-order valence-corrected chi connectivity index (χ0v) is 15.1. The Morgan fingerprint density at radius 2 is 1.42 bits per heavy atom. The van der Waals surface area contributed by atoms with Crippen molar-refractivity contribution in [3.05, 3.63) is 101 Å². The van der Waals surface area contributed by atoms with E-state index in [1.807, 2.05) is 12.1 Å². The van der Waals surface area contributed by atoms with Gasteiger partial charge in [0, 0.05) is 0 Å². The summed E-state index contributed by atoms with van der Waals surface area (Å²) in [4.78, 5) is 0. The normalized spacial score (nSPS) is 14.4. The van der Waals surface area contributed by atoms with Crippen molar-refractivity contribution in [3.8, 4) is 5.75 Å². The molecule has 1 aliphatic heterocycles. The Bertz CT molecular complexity index is 922. The van der Waals surface area contributed by atoms with Gasteiger partial charge in [-0.25, -0.2) is 0 Å². The second-order valence-electron chi connectivity index (χ2n) is 5.62. The van der Waals surface area contributed by atoms with E-state index >= 15 is 0 Å². The van der Waals surface area contributed by atoms with Crippen LogP contribution in [0.5, 0.6) is 5.75 Å². The molecule has 0 amide bonds. The average Bonchev–Trinajstić information content (AvgIpc) is 3.01. The molecular weight excluding hydrogens is 359 g/mol. The number of hydrogen-bond acceptors (Lipinski definition) is 1. The first kappa shape index (κ1) is 15.1. The number of hydrogen-bond donors (Lipinski definition) is 0. The summed E-state index contributed by atoms with van der Waals surface area (Å²) in [6.45, 7) is 0. The van der Waals surface area contributed by atoms with E-state index in [-0.39, 0.29) is 0 Å². The van der Waals surface area contributed by atoms with Gasteiger partial charge in [0.25, 0.3) is 0 Å². The van der Waals surface area contributed by atoms with Crippen molar-refractivity contribution in [1.29, 1.82) is 0 Å². The summed E-state index contributed by atoms with van der Waals surface area (Å²) in [6.07, 6.45) is 2.33. The van der Waals surface area contributed by atoms with E-state index in [4.69, 9.17) is 4.74 Å². The van der Waals surface area contributed by atoms with Crippen LogP contribution in [0.2, 0.25) is 0 Å². The van der Waals surface area contributed by atoms with Crippen LogP contribution in [0.3, 0.4) is 0 Å². The van der Waals surface area contributed by atoms with Gasteiger partial charge in [-0.2, -0.15) is 0 Å². The van der Waals surface area contributed by atoms with Crippen LogP contribution < -0.4 is 4.74 Å². The molecule has 0 spiro atoms. The molecule has 1 aliphatic rings. The van der Waals surface area contributed by atoms with E-state index in [0.29, 0.717) is 14.5 Å². The minimum atomic E-state index is 0.300. The van der Waals surface area contributed by atoms with Gasteiger partial charge in [-0.05, 0) is 0 Å². The first-order valence-electron chi connectivity index (χ1n) is 7.91. The van der Waals surface area contributed by atoms with Gasteiger partial charge in [-0.15, -0.1) is 0 Å². The molecule has 3 aromatic rings. The van der Waals surface area contributed by atoms with E-state index < -0.39 is 0 Å². The van der Waals surface area contributed by atoms with Crippen LogP contribution in [-0.4, -0.2) is 26.0 Å². The number of rotatable bonds is 3. The Morgan fingerprint density at radius 1 is 0.750 bits per heavy atom. The van der Waals surface area contributed by atoms with E-state index in [1.165, 1.54) is 31.1 Å². The molecule has 1 heterocycles. The third-order valence-corrected chi connectivity index (χ3v) is 6.65. The molecule has 0 unspecified atom stereocenters. The Morgan fingerprint density at radius 3 is 2.12 bits per heavy atom. The second kappa shape index (κ2) is 6.60. The van der Waals surface area contributed by atoms with Gasteiger partial charge in [-0.1, -0.05) is 0 Å². The molecule has 0 N–H and O–H groups in total. The zero-order valence-electron chi connectivity index (χ0n) is 13.4. The summed E-state index contributed by atoms with van der Waals surface area (Å²) in [6, 6.07) is 27.7. The summed E-state index contributed by atoms with van der Waals surface area (Å²) >= 11 is 0.300. The van der Waals surface area contributed by atoms with Gasteiger partial charge in [0.1, 0.15) is 0 Å². The molecule has 0 aliphatic carbocycles. The standard InChI is InChI=1S/C22H17OSe/c1-23-18-13-11-17(12-14-18)22-20-10-6-5-9-19(20)21(24-22)15-16-7-3-2-4-8-16/h2-15H,1H3/q+1/b21-15+. The summed E-state index contributed by atoms with van der Waals surface area (Å²) in [5.74, 6) is 0.901. The third-order valence-electron chi connectivity index (χ3n) is 4.10. The summed E-state index contributed by atoms with van der Waals surface area (Å²) in [5, 5.41) is 0. The van der Waals surface area contributed by atoms with Crippen molar-refractivity contribution in [3.63, 3.8) is 0 Å². The fourth-order valence-electron chi connectivity index (χ4n) is 2.88. The van der Waals surface area contributed by atoms with Crippen molar-refractivity contribution in [2.75, 3.05) is 7.11 Å². The van der Waals surface area contributed by atoms with Gasteiger partial charge in [0.2, 0.25) is 0 Å². The van der Waals surface area contributed by atoms with Gasteiger partial charge in [0.05, 0.1) is 0 Å². The summed E-state index contributed by atoms with van der Waals surface area (Å²) in [5.41, 5.74) is 5.29. The second-order valence-corrected chi connectivity index (χ2v) is 7.83. The summed E-state index contributed by atoms with van der Waals surface area (Å²) in [7, 11) is 1.71. The van der Waals surface area contributed by atoms with E-state index in [2.05, 4.69) is 72.8 Å². The molecule has 4 rings (SSSR count). The topological polar surface area (TPSA) is 9.23 Å². The Hall–Kier alpha value is -2.41. The molecule has 1 nitrogen and oxygen atoms in total. The van der Waals surface area contributed by atoms with E-state index in [0.717, 1.165) is 5.75 Å². The van der Waals surface area contributed by atoms with Crippen molar-refractivity contribution in [1.82, 2.24) is 0 Å². The predicted molar refractivity (Wildman–Crippen MR) is 103 cm³/mol. The quantitative estimate of drug-likeness (QED) is 0.613. The number of benzene rings is 3. The maximum absolute atomic E-state index is 5.29. The van der Waals surface area contributed by atoms with Gasteiger partial charge in [-0.3, -0.25) is 0 Å². The fourth-order valence-corrected chi connectivity index (χ4v) is 5.49. The molecule has 0 fully saturated rings. The van der Waals surface area contributed by atoms with Crippen LogP contribution in [0.25, 0.3) is 10.5 Å². The monoisotopic (exact) mass is 377 g/mol. The molecule has 24 heavy (non-hydrogen) atoms. The molecule has 3 aromatic carbocycles. The van der Waals surface area contributed by atoms with Crippen LogP contribution in [0.1, 0.15) is 22.3 Å². The van der Waals surface area contributed by atoms with Crippen molar-refractivity contribution < 1.29 is 4.74 Å². The van der Waals surface area contributed by atoms with E-state index in [9.17, 15) is 0 Å².